The molecule has 176 valence electrons. The lowest BCUT2D eigenvalue weighted by atomic mass is 9.87. The molecule has 0 unspecified atom stereocenters. The first-order chi connectivity index (χ1) is 15.9. The predicted octanol–water partition coefficient (Wildman–Crippen LogP) is 5.62. The van der Waals surface area contributed by atoms with Crippen molar-refractivity contribution in [1.82, 2.24) is 9.55 Å². The second-order valence-corrected chi connectivity index (χ2v) is 10.7. The summed E-state index contributed by atoms with van der Waals surface area (Å²) >= 11 is 1.65. The fourth-order valence-corrected chi connectivity index (χ4v) is 5.06. The van der Waals surface area contributed by atoms with Crippen molar-refractivity contribution in [3.8, 4) is 0 Å². The monoisotopic (exact) mass is 465 g/mol. The largest absolute Gasteiger partial charge is 0.378 e. The van der Waals surface area contributed by atoms with E-state index in [1.54, 1.807) is 11.8 Å². The highest BCUT2D eigenvalue weighted by atomic mass is 32.2. The van der Waals surface area contributed by atoms with Gasteiger partial charge in [0.1, 0.15) is 0 Å². The molecule has 6 heteroatoms. The van der Waals surface area contributed by atoms with Crippen LogP contribution in [0.2, 0.25) is 0 Å². The molecule has 1 aromatic heterocycles. The number of rotatable bonds is 7. The van der Waals surface area contributed by atoms with Gasteiger partial charge in [-0.25, -0.2) is 4.98 Å². The lowest BCUT2D eigenvalue weighted by Crippen LogP contribution is -2.36. The molecule has 3 aromatic rings. The van der Waals surface area contributed by atoms with E-state index in [1.165, 1.54) is 11.1 Å². The van der Waals surface area contributed by atoms with Crippen LogP contribution in [0.4, 0.5) is 5.69 Å². The van der Waals surface area contributed by atoms with Gasteiger partial charge >= 0.3 is 0 Å². The van der Waals surface area contributed by atoms with E-state index < -0.39 is 0 Å². The van der Waals surface area contributed by atoms with Gasteiger partial charge in [0.2, 0.25) is 0 Å². The van der Waals surface area contributed by atoms with Crippen LogP contribution in [0.1, 0.15) is 51.7 Å². The number of thioether (sulfide) groups is 1. The van der Waals surface area contributed by atoms with E-state index in [0.29, 0.717) is 11.9 Å². The van der Waals surface area contributed by atoms with E-state index in [9.17, 15) is 4.79 Å². The van der Waals surface area contributed by atoms with Gasteiger partial charge in [0.15, 0.2) is 5.16 Å². The van der Waals surface area contributed by atoms with Crippen LogP contribution in [0.5, 0.6) is 0 Å². The molecular formula is C27H35N3O2S. The fourth-order valence-electron chi connectivity index (χ4n) is 4.08. The van der Waals surface area contributed by atoms with Crippen molar-refractivity contribution < 1.29 is 4.74 Å². The summed E-state index contributed by atoms with van der Waals surface area (Å²) in [6.07, 6.45) is 2.00. The number of hydrogen-bond acceptors (Lipinski definition) is 5. The van der Waals surface area contributed by atoms with Crippen molar-refractivity contribution in [3.05, 3.63) is 63.9 Å². The minimum Gasteiger partial charge on any atom is -0.378 e. The molecule has 1 aliphatic rings. The first-order valence-electron chi connectivity index (χ1n) is 12.0. The lowest BCUT2D eigenvalue weighted by molar-refractivity contribution is 0.122. The molecule has 0 saturated carbocycles. The summed E-state index contributed by atoms with van der Waals surface area (Å²) in [7, 11) is 0. The first kappa shape index (κ1) is 23.8. The molecule has 0 atom stereocenters. The zero-order valence-corrected chi connectivity index (χ0v) is 21.1. The van der Waals surface area contributed by atoms with Gasteiger partial charge in [-0.3, -0.25) is 9.36 Å². The van der Waals surface area contributed by atoms with Crippen LogP contribution in [0.15, 0.2) is 52.4 Å². The number of ether oxygens (including phenoxy) is 1. The average Bonchev–Trinajstić information content (AvgIpc) is 2.82. The second kappa shape index (κ2) is 10.3. The number of anilines is 1. The molecule has 2 aromatic carbocycles. The van der Waals surface area contributed by atoms with Gasteiger partial charge in [-0.15, -0.1) is 0 Å². The molecule has 0 amide bonds. The highest BCUT2D eigenvalue weighted by Gasteiger charge is 2.17. The Morgan fingerprint density at radius 1 is 1.06 bits per heavy atom. The van der Waals surface area contributed by atoms with Gasteiger partial charge in [0.05, 0.1) is 24.1 Å². The third kappa shape index (κ3) is 5.61. The van der Waals surface area contributed by atoms with Crippen molar-refractivity contribution in [3.63, 3.8) is 0 Å². The Bertz CT molecular complexity index is 1140. The molecule has 0 N–H and O–H groups in total. The quantitative estimate of drug-likeness (QED) is 0.335. The second-order valence-electron chi connectivity index (χ2n) is 9.74. The third-order valence-corrected chi connectivity index (χ3v) is 7.25. The summed E-state index contributed by atoms with van der Waals surface area (Å²) in [6.45, 7) is 12.7. The maximum atomic E-state index is 13.5. The fraction of sp³-hybridized carbons (Fsp3) is 0.481. The van der Waals surface area contributed by atoms with Crippen molar-refractivity contribution in [2.75, 3.05) is 31.2 Å². The molecule has 1 fully saturated rings. The van der Waals surface area contributed by atoms with E-state index >= 15 is 0 Å². The van der Waals surface area contributed by atoms with Gasteiger partial charge in [-0.05, 0) is 41.2 Å². The molecule has 0 bridgehead atoms. The zero-order valence-electron chi connectivity index (χ0n) is 20.3. The summed E-state index contributed by atoms with van der Waals surface area (Å²) in [5.74, 6) is 0.792. The van der Waals surface area contributed by atoms with Crippen LogP contribution in [0.3, 0.4) is 0 Å². The molecule has 0 radical (unpaired) electrons. The number of hydrogen-bond donors (Lipinski definition) is 0. The number of benzene rings is 2. The maximum absolute atomic E-state index is 13.5. The first-order valence-corrected chi connectivity index (χ1v) is 12.9. The Morgan fingerprint density at radius 3 is 2.45 bits per heavy atom. The number of unbranched alkanes of at least 4 members (excludes halogenated alkanes) is 1. The SMILES string of the molecule is CCCCn1c(SCc2ccc(C(C)(C)C)cc2)nc2ccc(N3CCOCC3)cc2c1=O. The molecule has 4 rings (SSSR count). The number of nitrogens with zero attached hydrogens (tertiary/aromatic N) is 3. The minimum atomic E-state index is 0.0640. The van der Waals surface area contributed by atoms with Gasteiger partial charge in [0, 0.05) is 31.1 Å². The molecule has 1 aliphatic heterocycles. The topological polar surface area (TPSA) is 47.4 Å². The molecule has 1 saturated heterocycles. The average molecular weight is 466 g/mol. The van der Waals surface area contributed by atoms with Crippen LogP contribution in [0.25, 0.3) is 10.9 Å². The molecule has 2 heterocycles. The van der Waals surface area contributed by atoms with Crippen molar-refractivity contribution in [1.29, 1.82) is 0 Å². The number of aromatic nitrogens is 2. The maximum Gasteiger partial charge on any atom is 0.262 e. The van der Waals surface area contributed by atoms with E-state index in [4.69, 9.17) is 9.72 Å². The van der Waals surface area contributed by atoms with E-state index in [-0.39, 0.29) is 11.0 Å². The lowest BCUT2D eigenvalue weighted by Gasteiger charge is -2.29. The van der Waals surface area contributed by atoms with Crippen molar-refractivity contribution in [2.24, 2.45) is 0 Å². The van der Waals surface area contributed by atoms with E-state index in [2.05, 4.69) is 62.9 Å². The summed E-state index contributed by atoms with van der Waals surface area (Å²) in [4.78, 5) is 20.7. The van der Waals surface area contributed by atoms with E-state index in [0.717, 1.165) is 61.3 Å². The smallest absolute Gasteiger partial charge is 0.262 e. The van der Waals surface area contributed by atoms with Crippen LogP contribution in [-0.2, 0) is 22.4 Å². The number of fused-ring (bicyclic) bond motifs is 1. The van der Waals surface area contributed by atoms with Gasteiger partial charge in [-0.2, -0.15) is 0 Å². The Hall–Kier alpha value is -2.31. The Labute approximate surface area is 201 Å². The van der Waals surface area contributed by atoms with Crippen LogP contribution in [-0.4, -0.2) is 35.9 Å². The van der Waals surface area contributed by atoms with Crippen molar-refractivity contribution in [2.45, 2.75) is 63.4 Å². The summed E-state index contributed by atoms with van der Waals surface area (Å²) in [6, 6.07) is 14.9. The highest BCUT2D eigenvalue weighted by molar-refractivity contribution is 7.98. The van der Waals surface area contributed by atoms with Gasteiger partial charge in [0.25, 0.3) is 5.56 Å². The van der Waals surface area contributed by atoms with Crippen molar-refractivity contribution >= 4 is 28.4 Å². The molecular weight excluding hydrogens is 430 g/mol. The third-order valence-electron chi connectivity index (χ3n) is 6.20. The van der Waals surface area contributed by atoms with Gasteiger partial charge in [-0.1, -0.05) is 70.1 Å². The Morgan fingerprint density at radius 2 is 1.79 bits per heavy atom. The predicted molar refractivity (Wildman–Crippen MR) is 139 cm³/mol. The summed E-state index contributed by atoms with van der Waals surface area (Å²) in [5.41, 5.74) is 4.63. The molecule has 5 nitrogen and oxygen atoms in total. The molecule has 33 heavy (non-hydrogen) atoms. The minimum absolute atomic E-state index is 0.0640. The Kier molecular flexibility index (Phi) is 7.45. The van der Waals surface area contributed by atoms with Gasteiger partial charge < -0.3 is 9.64 Å². The summed E-state index contributed by atoms with van der Waals surface area (Å²) < 4.78 is 7.35. The number of morpholine rings is 1. The van der Waals surface area contributed by atoms with Crippen LogP contribution >= 0.6 is 11.8 Å². The molecule has 0 aliphatic carbocycles. The molecule has 0 spiro atoms. The Balaban J connectivity index is 1.62. The highest BCUT2D eigenvalue weighted by Crippen LogP contribution is 2.27. The van der Waals surface area contributed by atoms with E-state index in [1.807, 2.05) is 16.7 Å². The summed E-state index contributed by atoms with van der Waals surface area (Å²) in [5, 5.41) is 1.51. The van der Waals surface area contributed by atoms with Crippen LogP contribution in [0, 0.1) is 0 Å². The standard InChI is InChI=1S/C27H35N3O2S/c1-5-6-13-30-25(31)23-18-22(29-14-16-32-17-15-29)11-12-24(23)28-26(30)33-19-20-7-9-21(10-8-20)27(2,3)4/h7-12,18H,5-6,13-17,19H2,1-4H3. The van der Waals surface area contributed by atoms with Crippen LogP contribution < -0.4 is 10.5 Å². The normalized spacial score (nSPS) is 14.7. The zero-order chi connectivity index (χ0) is 23.4.